The first-order valence-electron chi connectivity index (χ1n) is 6.65. The van der Waals surface area contributed by atoms with E-state index in [2.05, 4.69) is 15.0 Å². The fourth-order valence-corrected chi connectivity index (χ4v) is 2.07. The van der Waals surface area contributed by atoms with E-state index in [0.29, 0.717) is 6.54 Å². The molecule has 0 spiro atoms. The zero-order valence-corrected chi connectivity index (χ0v) is 10.8. The SMILES string of the molecule is FC(F)(F)COCCNCCCN1CCCCC1. The van der Waals surface area contributed by atoms with Crippen LogP contribution in [-0.4, -0.2) is 57.0 Å². The Morgan fingerprint density at radius 3 is 2.44 bits per heavy atom. The van der Waals surface area contributed by atoms with Gasteiger partial charge in [0.05, 0.1) is 6.61 Å². The van der Waals surface area contributed by atoms with E-state index in [9.17, 15) is 13.2 Å². The van der Waals surface area contributed by atoms with E-state index in [1.807, 2.05) is 0 Å². The lowest BCUT2D eigenvalue weighted by Crippen LogP contribution is -2.32. The van der Waals surface area contributed by atoms with E-state index >= 15 is 0 Å². The molecule has 0 amide bonds. The van der Waals surface area contributed by atoms with Crippen molar-refractivity contribution in [3.8, 4) is 0 Å². The van der Waals surface area contributed by atoms with Gasteiger partial charge in [0, 0.05) is 6.54 Å². The highest BCUT2D eigenvalue weighted by molar-refractivity contribution is 4.64. The molecule has 0 bridgehead atoms. The fraction of sp³-hybridized carbons (Fsp3) is 1.00. The molecule has 0 saturated carbocycles. The molecule has 1 aliphatic rings. The van der Waals surface area contributed by atoms with Gasteiger partial charge in [-0.2, -0.15) is 13.2 Å². The Balaban J connectivity index is 1.81. The second kappa shape index (κ2) is 8.72. The molecule has 1 heterocycles. The minimum absolute atomic E-state index is 0.114. The van der Waals surface area contributed by atoms with Crippen LogP contribution in [0.5, 0.6) is 0 Å². The van der Waals surface area contributed by atoms with Crippen molar-refractivity contribution in [2.75, 3.05) is 45.9 Å². The lowest BCUT2D eigenvalue weighted by atomic mass is 10.1. The van der Waals surface area contributed by atoms with Gasteiger partial charge in [-0.3, -0.25) is 0 Å². The highest BCUT2D eigenvalue weighted by Gasteiger charge is 2.27. The van der Waals surface area contributed by atoms with Crippen molar-refractivity contribution < 1.29 is 17.9 Å². The molecule has 6 heteroatoms. The molecule has 0 atom stereocenters. The number of halogens is 3. The molecule has 108 valence electrons. The van der Waals surface area contributed by atoms with Crippen molar-refractivity contribution in [2.45, 2.75) is 31.9 Å². The number of likely N-dealkylation sites (tertiary alicyclic amines) is 1. The number of alkyl halides is 3. The normalized spacial score (nSPS) is 18.2. The summed E-state index contributed by atoms with van der Waals surface area (Å²) < 4.78 is 39.7. The summed E-state index contributed by atoms with van der Waals surface area (Å²) >= 11 is 0. The predicted octanol–water partition coefficient (Wildman–Crippen LogP) is 2.03. The Labute approximate surface area is 107 Å². The van der Waals surface area contributed by atoms with Crippen molar-refractivity contribution in [1.29, 1.82) is 0 Å². The monoisotopic (exact) mass is 268 g/mol. The summed E-state index contributed by atoms with van der Waals surface area (Å²) in [6.07, 6.45) is 0.746. The number of hydrogen-bond acceptors (Lipinski definition) is 3. The highest BCUT2D eigenvalue weighted by Crippen LogP contribution is 2.13. The summed E-state index contributed by atoms with van der Waals surface area (Å²) in [5, 5.41) is 3.09. The summed E-state index contributed by atoms with van der Waals surface area (Å²) in [6, 6.07) is 0. The summed E-state index contributed by atoms with van der Waals surface area (Å²) in [4.78, 5) is 2.45. The maximum Gasteiger partial charge on any atom is 0.411 e. The average Bonchev–Trinajstić information content (AvgIpc) is 2.32. The third-order valence-corrected chi connectivity index (χ3v) is 2.97. The Hall–Kier alpha value is -0.330. The molecule has 1 N–H and O–H groups in total. The van der Waals surface area contributed by atoms with E-state index in [1.54, 1.807) is 0 Å². The molecule has 1 aliphatic heterocycles. The van der Waals surface area contributed by atoms with Gasteiger partial charge < -0.3 is 15.0 Å². The molecule has 0 aromatic carbocycles. The molecular weight excluding hydrogens is 245 g/mol. The summed E-state index contributed by atoms with van der Waals surface area (Å²) in [6.45, 7) is 3.74. The first-order chi connectivity index (χ1) is 8.58. The number of hydrogen-bond donors (Lipinski definition) is 1. The lowest BCUT2D eigenvalue weighted by Gasteiger charge is -2.26. The van der Waals surface area contributed by atoms with Crippen molar-refractivity contribution in [1.82, 2.24) is 10.2 Å². The van der Waals surface area contributed by atoms with Crippen LogP contribution in [0.4, 0.5) is 13.2 Å². The van der Waals surface area contributed by atoms with E-state index < -0.39 is 12.8 Å². The smallest absolute Gasteiger partial charge is 0.371 e. The van der Waals surface area contributed by atoms with Gasteiger partial charge in [-0.15, -0.1) is 0 Å². The molecule has 1 saturated heterocycles. The Morgan fingerprint density at radius 2 is 1.78 bits per heavy atom. The van der Waals surface area contributed by atoms with E-state index in [-0.39, 0.29) is 6.61 Å². The maximum absolute atomic E-state index is 11.7. The molecule has 1 fully saturated rings. The average molecular weight is 268 g/mol. The van der Waals surface area contributed by atoms with Gasteiger partial charge in [0.15, 0.2) is 0 Å². The molecule has 3 nitrogen and oxygen atoms in total. The van der Waals surface area contributed by atoms with Crippen LogP contribution < -0.4 is 5.32 Å². The zero-order chi connectivity index (χ0) is 13.3. The third kappa shape index (κ3) is 8.72. The molecule has 0 radical (unpaired) electrons. The van der Waals surface area contributed by atoms with Crippen LogP contribution in [0.15, 0.2) is 0 Å². The van der Waals surface area contributed by atoms with Crippen molar-refractivity contribution in [2.24, 2.45) is 0 Å². The van der Waals surface area contributed by atoms with Gasteiger partial charge in [-0.25, -0.2) is 0 Å². The molecule has 0 aliphatic carbocycles. The summed E-state index contributed by atoms with van der Waals surface area (Å²) in [7, 11) is 0. The number of rotatable bonds is 8. The van der Waals surface area contributed by atoms with Crippen LogP contribution >= 0.6 is 0 Å². The lowest BCUT2D eigenvalue weighted by molar-refractivity contribution is -0.173. The zero-order valence-electron chi connectivity index (χ0n) is 10.8. The van der Waals surface area contributed by atoms with Crippen LogP contribution in [-0.2, 0) is 4.74 Å². The quantitative estimate of drug-likeness (QED) is 0.682. The van der Waals surface area contributed by atoms with E-state index in [4.69, 9.17) is 0 Å². The molecular formula is C12H23F3N2O. The van der Waals surface area contributed by atoms with Crippen LogP contribution in [0.1, 0.15) is 25.7 Å². The summed E-state index contributed by atoms with van der Waals surface area (Å²) in [5.41, 5.74) is 0. The molecule has 0 aromatic rings. The van der Waals surface area contributed by atoms with Crippen LogP contribution in [0.2, 0.25) is 0 Å². The number of nitrogens with one attached hydrogen (secondary N) is 1. The number of piperidine rings is 1. The Kier molecular flexibility index (Phi) is 7.62. The van der Waals surface area contributed by atoms with Gasteiger partial charge >= 0.3 is 6.18 Å². The largest absolute Gasteiger partial charge is 0.411 e. The number of ether oxygens (including phenoxy) is 1. The molecule has 0 aromatic heterocycles. The van der Waals surface area contributed by atoms with Crippen LogP contribution in [0.25, 0.3) is 0 Å². The molecule has 1 rings (SSSR count). The van der Waals surface area contributed by atoms with Gasteiger partial charge in [0.1, 0.15) is 6.61 Å². The van der Waals surface area contributed by atoms with Crippen molar-refractivity contribution in [3.05, 3.63) is 0 Å². The minimum atomic E-state index is -4.21. The topological polar surface area (TPSA) is 24.5 Å². The summed E-state index contributed by atoms with van der Waals surface area (Å²) in [5.74, 6) is 0. The van der Waals surface area contributed by atoms with Crippen molar-refractivity contribution in [3.63, 3.8) is 0 Å². The Bertz CT molecular complexity index is 206. The third-order valence-electron chi connectivity index (χ3n) is 2.97. The van der Waals surface area contributed by atoms with Crippen LogP contribution in [0.3, 0.4) is 0 Å². The highest BCUT2D eigenvalue weighted by atomic mass is 19.4. The standard InChI is InChI=1S/C12H23F3N2O/c13-12(14,15)11-18-10-6-16-5-4-9-17-7-2-1-3-8-17/h16H,1-11H2. The van der Waals surface area contributed by atoms with E-state index in [0.717, 1.165) is 19.5 Å². The fourth-order valence-electron chi connectivity index (χ4n) is 2.07. The van der Waals surface area contributed by atoms with Crippen LogP contribution in [0, 0.1) is 0 Å². The first-order valence-corrected chi connectivity index (χ1v) is 6.65. The predicted molar refractivity (Wildman–Crippen MR) is 64.7 cm³/mol. The first kappa shape index (κ1) is 15.7. The van der Waals surface area contributed by atoms with Gasteiger partial charge in [0.25, 0.3) is 0 Å². The van der Waals surface area contributed by atoms with Gasteiger partial charge in [-0.05, 0) is 45.4 Å². The second-order valence-electron chi connectivity index (χ2n) is 4.67. The maximum atomic E-state index is 11.7. The minimum Gasteiger partial charge on any atom is -0.371 e. The number of nitrogens with zero attached hydrogens (tertiary/aromatic N) is 1. The van der Waals surface area contributed by atoms with Crippen molar-refractivity contribution >= 4 is 0 Å². The Morgan fingerprint density at radius 1 is 1.06 bits per heavy atom. The van der Waals surface area contributed by atoms with Gasteiger partial charge in [0.2, 0.25) is 0 Å². The van der Waals surface area contributed by atoms with E-state index in [1.165, 1.54) is 32.4 Å². The van der Waals surface area contributed by atoms with Gasteiger partial charge in [-0.1, -0.05) is 6.42 Å². The molecule has 18 heavy (non-hydrogen) atoms. The second-order valence-corrected chi connectivity index (χ2v) is 4.67. The molecule has 0 unspecified atom stereocenters.